The van der Waals surface area contributed by atoms with E-state index in [1.807, 2.05) is 36.4 Å². The molecule has 3 heterocycles. The molecular weight excluding hydrogens is 384 g/mol. The highest BCUT2D eigenvalue weighted by atomic mass is 32.1. The van der Waals surface area contributed by atoms with Crippen LogP contribution in [0.3, 0.4) is 0 Å². The quantitative estimate of drug-likeness (QED) is 0.759. The van der Waals surface area contributed by atoms with Crippen molar-refractivity contribution in [1.29, 1.82) is 0 Å². The largest absolute Gasteiger partial charge is 0.512 e. The Labute approximate surface area is 174 Å². The molecule has 2 aromatic rings. The molecule has 1 aromatic heterocycles. The average molecular weight is 409 g/mol. The predicted molar refractivity (Wildman–Crippen MR) is 115 cm³/mol. The smallest absolute Gasteiger partial charge is 0.341 e. The average Bonchev–Trinajstić information content (AvgIpc) is 2.99. The first-order valence-electron chi connectivity index (χ1n) is 10.3. The summed E-state index contributed by atoms with van der Waals surface area (Å²) in [7, 11) is 0. The number of benzene rings is 1. The molecule has 1 saturated heterocycles. The maximum atomic E-state index is 12.9. The number of nitrogens with zero attached hydrogens (tertiary/aromatic N) is 2. The van der Waals surface area contributed by atoms with Crippen LogP contribution in [0.25, 0.3) is 15.8 Å². The Bertz CT molecular complexity index is 995. The summed E-state index contributed by atoms with van der Waals surface area (Å²) in [6.45, 7) is 2.79. The zero-order valence-electron chi connectivity index (χ0n) is 16.2. The van der Waals surface area contributed by atoms with Crippen LogP contribution in [0.5, 0.6) is 0 Å². The Morgan fingerprint density at radius 1 is 1.14 bits per heavy atom. The van der Waals surface area contributed by atoms with Crippen molar-refractivity contribution < 1.29 is 14.6 Å². The minimum absolute atomic E-state index is 0.217. The number of thiazole rings is 1. The molecule has 5 rings (SSSR count). The molecule has 0 spiro atoms. The summed E-state index contributed by atoms with van der Waals surface area (Å²) in [5.41, 5.74) is 2.31. The van der Waals surface area contributed by atoms with Gasteiger partial charge in [0.05, 0.1) is 21.7 Å². The number of carbonyl (C=O) groups excluding carboxylic acids is 1. The van der Waals surface area contributed by atoms with Crippen LogP contribution in [0.2, 0.25) is 0 Å². The molecule has 2 atom stereocenters. The highest BCUT2D eigenvalue weighted by Crippen LogP contribution is 2.37. The van der Waals surface area contributed by atoms with Crippen molar-refractivity contribution in [3.05, 3.63) is 58.8 Å². The Morgan fingerprint density at radius 2 is 1.93 bits per heavy atom. The van der Waals surface area contributed by atoms with E-state index < -0.39 is 6.10 Å². The molecule has 150 valence electrons. The number of para-hydroxylation sites is 1. The van der Waals surface area contributed by atoms with Gasteiger partial charge in [0, 0.05) is 6.54 Å². The third-order valence-corrected chi connectivity index (χ3v) is 7.03. The maximum Gasteiger partial charge on any atom is 0.341 e. The molecule has 6 heteroatoms. The number of ether oxygens (including phenoxy) is 1. The predicted octanol–water partition coefficient (Wildman–Crippen LogP) is 4.48. The second kappa shape index (κ2) is 7.76. The summed E-state index contributed by atoms with van der Waals surface area (Å²) in [4.78, 5) is 19.9. The zero-order chi connectivity index (χ0) is 19.8. The van der Waals surface area contributed by atoms with E-state index in [0.717, 1.165) is 28.9 Å². The first-order chi connectivity index (χ1) is 14.2. The van der Waals surface area contributed by atoms with Gasteiger partial charge in [0.25, 0.3) is 0 Å². The topological polar surface area (TPSA) is 62.7 Å². The van der Waals surface area contributed by atoms with Gasteiger partial charge < -0.3 is 14.7 Å². The second-order valence-corrected chi connectivity index (χ2v) is 8.98. The van der Waals surface area contributed by atoms with Gasteiger partial charge in [0.2, 0.25) is 0 Å². The van der Waals surface area contributed by atoms with Crippen LogP contribution >= 0.6 is 11.3 Å². The molecule has 0 saturated carbocycles. The first-order valence-corrected chi connectivity index (χ1v) is 11.1. The fourth-order valence-electron chi connectivity index (χ4n) is 4.39. The molecule has 0 bridgehead atoms. The molecule has 2 aliphatic heterocycles. The Morgan fingerprint density at radius 3 is 2.72 bits per heavy atom. The van der Waals surface area contributed by atoms with Crippen molar-refractivity contribution in [1.82, 2.24) is 9.88 Å². The van der Waals surface area contributed by atoms with Crippen molar-refractivity contribution in [3.63, 3.8) is 0 Å². The van der Waals surface area contributed by atoms with Crippen molar-refractivity contribution >= 4 is 33.1 Å². The lowest BCUT2D eigenvalue weighted by Crippen LogP contribution is -2.42. The molecule has 0 radical (unpaired) electrons. The number of likely N-dealkylation sites (tertiary alicyclic amines) is 1. The Kier molecular flexibility index (Phi) is 4.97. The molecule has 1 aromatic carbocycles. The van der Waals surface area contributed by atoms with Gasteiger partial charge in [-0.15, -0.1) is 11.3 Å². The molecular formula is C23H24N2O3S. The number of hydrogen-bond acceptors (Lipinski definition) is 6. The number of fused-ring (bicyclic) bond motifs is 2. The van der Waals surface area contributed by atoms with Gasteiger partial charge in [-0.3, -0.25) is 0 Å². The Hall–Kier alpha value is -2.44. The van der Waals surface area contributed by atoms with Crippen molar-refractivity contribution in [2.45, 2.75) is 31.8 Å². The standard InChI is InChI=1S/C23H24N2O3S/c26-19-10-9-15-13-16(22-24-18-7-3-4-8-20(18)29-22)23(27)28-21(15)17(19)14-25-11-5-1-2-6-12-25/h3-4,7-10,13,17,21,26H,1-2,5-6,11-12,14H2. The van der Waals surface area contributed by atoms with Crippen LogP contribution in [0.4, 0.5) is 0 Å². The molecule has 1 aliphatic carbocycles. The van der Waals surface area contributed by atoms with Crippen LogP contribution in [-0.2, 0) is 9.53 Å². The normalized spacial score (nSPS) is 25.5. The van der Waals surface area contributed by atoms with Crippen molar-refractivity contribution in [3.8, 4) is 0 Å². The fourth-order valence-corrected chi connectivity index (χ4v) is 5.36. The van der Waals surface area contributed by atoms with Crippen LogP contribution in [0.1, 0.15) is 30.7 Å². The van der Waals surface area contributed by atoms with E-state index in [4.69, 9.17) is 4.74 Å². The molecule has 1 N–H and O–H groups in total. The molecule has 5 nitrogen and oxygen atoms in total. The van der Waals surface area contributed by atoms with Crippen molar-refractivity contribution in [2.24, 2.45) is 5.92 Å². The molecule has 0 amide bonds. The van der Waals surface area contributed by atoms with Crippen LogP contribution in [0, 0.1) is 5.92 Å². The number of carbonyl (C=O) groups is 1. The summed E-state index contributed by atoms with van der Waals surface area (Å²) in [5.74, 6) is -0.278. The lowest BCUT2D eigenvalue weighted by Gasteiger charge is -2.35. The van der Waals surface area contributed by atoms with Crippen LogP contribution < -0.4 is 0 Å². The van der Waals surface area contributed by atoms with E-state index in [9.17, 15) is 9.90 Å². The number of hydrogen-bond donors (Lipinski definition) is 1. The highest BCUT2D eigenvalue weighted by molar-refractivity contribution is 7.19. The number of aliphatic hydroxyl groups excluding tert-OH is 1. The molecule has 29 heavy (non-hydrogen) atoms. The fraction of sp³-hybridized carbons (Fsp3) is 0.391. The van der Waals surface area contributed by atoms with E-state index in [1.54, 1.807) is 6.08 Å². The summed E-state index contributed by atoms with van der Waals surface area (Å²) in [5, 5.41) is 11.2. The summed E-state index contributed by atoms with van der Waals surface area (Å²) in [6, 6.07) is 7.87. The second-order valence-electron chi connectivity index (χ2n) is 7.95. The van der Waals surface area contributed by atoms with E-state index in [-0.39, 0.29) is 11.9 Å². The number of rotatable bonds is 3. The summed E-state index contributed by atoms with van der Waals surface area (Å²) in [6.07, 6.45) is 9.97. The highest BCUT2D eigenvalue weighted by Gasteiger charge is 2.39. The van der Waals surface area contributed by atoms with Gasteiger partial charge in [0.1, 0.15) is 16.9 Å². The number of allylic oxidation sites excluding steroid dienone is 2. The third-order valence-electron chi connectivity index (χ3n) is 5.96. The third kappa shape index (κ3) is 3.63. The minimum Gasteiger partial charge on any atom is -0.512 e. The zero-order valence-corrected chi connectivity index (χ0v) is 17.0. The first kappa shape index (κ1) is 18.6. The molecule has 3 aliphatic rings. The molecule has 1 fully saturated rings. The van der Waals surface area contributed by atoms with Crippen molar-refractivity contribution in [2.75, 3.05) is 19.6 Å². The van der Waals surface area contributed by atoms with Gasteiger partial charge in [-0.2, -0.15) is 0 Å². The lowest BCUT2D eigenvalue weighted by molar-refractivity contribution is -0.143. The van der Waals surface area contributed by atoms with Gasteiger partial charge >= 0.3 is 5.97 Å². The van der Waals surface area contributed by atoms with E-state index in [1.165, 1.54) is 37.0 Å². The van der Waals surface area contributed by atoms with Crippen LogP contribution in [0.15, 0.2) is 53.8 Å². The SMILES string of the molecule is O=C1OC2C(=CC=C(O)C2CN2CCCCCC2)C=C1c1nc2ccccc2s1. The maximum absolute atomic E-state index is 12.9. The Balaban J connectivity index is 1.43. The van der Waals surface area contributed by atoms with Crippen LogP contribution in [-0.4, -0.2) is 46.7 Å². The number of aromatic nitrogens is 1. The van der Waals surface area contributed by atoms with Gasteiger partial charge in [-0.1, -0.05) is 31.1 Å². The number of esters is 1. The van der Waals surface area contributed by atoms with Gasteiger partial charge in [-0.05, 0) is 55.8 Å². The van der Waals surface area contributed by atoms with E-state index in [2.05, 4.69) is 9.88 Å². The van der Waals surface area contributed by atoms with Gasteiger partial charge in [-0.25, -0.2) is 9.78 Å². The monoisotopic (exact) mass is 408 g/mol. The number of aliphatic hydroxyl groups is 1. The molecule has 2 unspecified atom stereocenters. The minimum atomic E-state index is -0.436. The van der Waals surface area contributed by atoms with E-state index in [0.29, 0.717) is 22.9 Å². The van der Waals surface area contributed by atoms with E-state index >= 15 is 0 Å². The summed E-state index contributed by atoms with van der Waals surface area (Å²) < 4.78 is 6.92. The lowest BCUT2D eigenvalue weighted by atomic mass is 9.86. The van der Waals surface area contributed by atoms with Gasteiger partial charge in [0.15, 0.2) is 0 Å². The summed E-state index contributed by atoms with van der Waals surface area (Å²) >= 11 is 1.50.